The summed E-state index contributed by atoms with van der Waals surface area (Å²) in [5.74, 6) is 1.34. The summed E-state index contributed by atoms with van der Waals surface area (Å²) in [7, 11) is 0. The number of hydrogen-bond donors (Lipinski definition) is 0. The number of halogens is 1. The lowest BCUT2D eigenvalue weighted by Crippen LogP contribution is -2.45. The molecule has 2 aromatic rings. The highest BCUT2D eigenvalue weighted by Gasteiger charge is 2.42. The van der Waals surface area contributed by atoms with Crippen molar-refractivity contribution in [2.24, 2.45) is 5.92 Å². The third-order valence-corrected chi connectivity index (χ3v) is 6.19. The molecule has 1 saturated carbocycles. The Balaban J connectivity index is 1.39. The molecular formula is C22H25FN4O. The zero-order valence-corrected chi connectivity index (χ0v) is 16.4. The van der Waals surface area contributed by atoms with Gasteiger partial charge in [-0.2, -0.15) is 0 Å². The number of likely N-dealkylation sites (tertiary alicyclic amines) is 1. The lowest BCUT2D eigenvalue weighted by atomic mass is 9.97. The molecule has 2 atom stereocenters. The number of anilines is 1. The predicted octanol–water partition coefficient (Wildman–Crippen LogP) is 3.46. The molecule has 1 aliphatic carbocycles. The van der Waals surface area contributed by atoms with E-state index >= 15 is 0 Å². The van der Waals surface area contributed by atoms with Gasteiger partial charge in [0.05, 0.1) is 0 Å². The third-order valence-electron chi connectivity index (χ3n) is 6.19. The maximum Gasteiger partial charge on any atom is 0.254 e. The summed E-state index contributed by atoms with van der Waals surface area (Å²) in [5, 5.41) is 0. The molecule has 3 heterocycles. The monoisotopic (exact) mass is 380 g/mol. The van der Waals surface area contributed by atoms with Crippen molar-refractivity contribution in [2.75, 3.05) is 24.5 Å². The zero-order valence-electron chi connectivity index (χ0n) is 16.4. The standard InChI is InChI=1S/C22H25FN4O/c1-13-7-14(2)25-22(24-13)27-11-15-8-18(27)12-26(10-15)21(28)19-6-5-17(23)9-20(19)16-3-4-16/h5-7,9,15-16,18H,3-4,8,10-12H2,1-2H3. The predicted molar refractivity (Wildman–Crippen MR) is 105 cm³/mol. The normalized spacial score (nSPS) is 24.0. The Morgan fingerprint density at radius 3 is 2.54 bits per heavy atom. The maximum atomic E-state index is 13.7. The van der Waals surface area contributed by atoms with Gasteiger partial charge in [-0.1, -0.05) is 0 Å². The van der Waals surface area contributed by atoms with Crippen LogP contribution in [0.1, 0.15) is 52.5 Å². The SMILES string of the molecule is Cc1cc(C)nc(N2CC3CC2CN(C(=O)c2ccc(F)cc2C2CC2)C3)n1. The Labute approximate surface area is 164 Å². The molecule has 3 aliphatic rings. The van der Waals surface area contributed by atoms with Gasteiger partial charge >= 0.3 is 0 Å². The first-order valence-corrected chi connectivity index (χ1v) is 10.2. The van der Waals surface area contributed by atoms with Crippen molar-refractivity contribution < 1.29 is 9.18 Å². The molecular weight excluding hydrogens is 355 g/mol. The van der Waals surface area contributed by atoms with E-state index in [0.29, 0.717) is 23.9 Å². The molecule has 2 unspecified atom stereocenters. The van der Waals surface area contributed by atoms with Crippen molar-refractivity contribution in [3.05, 3.63) is 52.6 Å². The first-order valence-electron chi connectivity index (χ1n) is 10.2. The van der Waals surface area contributed by atoms with E-state index in [1.807, 2.05) is 24.8 Å². The molecule has 1 aromatic heterocycles. The zero-order chi connectivity index (χ0) is 19.4. The van der Waals surface area contributed by atoms with Crippen molar-refractivity contribution in [1.29, 1.82) is 0 Å². The van der Waals surface area contributed by atoms with Gasteiger partial charge in [-0.3, -0.25) is 4.79 Å². The van der Waals surface area contributed by atoms with Crippen LogP contribution in [0.2, 0.25) is 0 Å². The van der Waals surface area contributed by atoms with Crippen LogP contribution >= 0.6 is 0 Å². The van der Waals surface area contributed by atoms with E-state index < -0.39 is 0 Å². The maximum absolute atomic E-state index is 13.7. The highest BCUT2D eigenvalue weighted by atomic mass is 19.1. The van der Waals surface area contributed by atoms with Crippen LogP contribution in [-0.2, 0) is 0 Å². The van der Waals surface area contributed by atoms with Crippen molar-refractivity contribution >= 4 is 11.9 Å². The first-order chi connectivity index (χ1) is 13.5. The fourth-order valence-electron chi connectivity index (χ4n) is 4.84. The number of piperidine rings is 1. The van der Waals surface area contributed by atoms with Crippen molar-refractivity contribution in [1.82, 2.24) is 14.9 Å². The van der Waals surface area contributed by atoms with Gasteiger partial charge in [0.1, 0.15) is 5.82 Å². The highest BCUT2D eigenvalue weighted by Crippen LogP contribution is 2.42. The molecule has 0 radical (unpaired) electrons. The average molecular weight is 380 g/mol. The second-order valence-corrected chi connectivity index (χ2v) is 8.57. The quantitative estimate of drug-likeness (QED) is 0.818. The van der Waals surface area contributed by atoms with Gasteiger partial charge < -0.3 is 9.80 Å². The summed E-state index contributed by atoms with van der Waals surface area (Å²) in [4.78, 5) is 26.8. The molecule has 0 spiro atoms. The molecule has 2 saturated heterocycles. The summed E-state index contributed by atoms with van der Waals surface area (Å²) in [5.41, 5.74) is 3.51. The number of fused-ring (bicyclic) bond motifs is 2. The number of benzene rings is 1. The van der Waals surface area contributed by atoms with Gasteiger partial charge in [-0.25, -0.2) is 14.4 Å². The molecule has 5 rings (SSSR count). The molecule has 1 aromatic carbocycles. The second kappa shape index (κ2) is 6.54. The number of aryl methyl sites for hydroxylation is 2. The van der Waals surface area contributed by atoms with Crippen LogP contribution in [0.15, 0.2) is 24.3 Å². The van der Waals surface area contributed by atoms with Crippen LogP contribution in [0.25, 0.3) is 0 Å². The summed E-state index contributed by atoms with van der Waals surface area (Å²) >= 11 is 0. The van der Waals surface area contributed by atoms with E-state index in [0.717, 1.165) is 55.3 Å². The largest absolute Gasteiger partial charge is 0.336 e. The Kier molecular flexibility index (Phi) is 4.11. The molecule has 6 heteroatoms. The third kappa shape index (κ3) is 3.15. The molecule has 0 N–H and O–H groups in total. The van der Waals surface area contributed by atoms with Crippen LogP contribution in [0.3, 0.4) is 0 Å². The number of aromatic nitrogens is 2. The van der Waals surface area contributed by atoms with Crippen LogP contribution in [0.4, 0.5) is 10.3 Å². The van der Waals surface area contributed by atoms with Crippen LogP contribution < -0.4 is 4.90 Å². The lowest BCUT2D eigenvalue weighted by Gasteiger charge is -2.33. The lowest BCUT2D eigenvalue weighted by molar-refractivity contribution is 0.0693. The number of hydrogen-bond acceptors (Lipinski definition) is 4. The minimum atomic E-state index is -0.254. The van der Waals surface area contributed by atoms with E-state index in [4.69, 9.17) is 0 Å². The Hall–Kier alpha value is -2.50. The van der Waals surface area contributed by atoms with Crippen LogP contribution in [-0.4, -0.2) is 46.5 Å². The fourth-order valence-corrected chi connectivity index (χ4v) is 4.84. The van der Waals surface area contributed by atoms with Gasteiger partial charge in [0.2, 0.25) is 5.95 Å². The molecule has 3 fully saturated rings. The number of amides is 1. The van der Waals surface area contributed by atoms with Gasteiger partial charge in [-0.15, -0.1) is 0 Å². The summed E-state index contributed by atoms with van der Waals surface area (Å²) in [6.45, 7) is 6.29. The van der Waals surface area contributed by atoms with E-state index in [1.165, 1.54) is 6.07 Å². The van der Waals surface area contributed by atoms with E-state index in [-0.39, 0.29) is 17.8 Å². The van der Waals surface area contributed by atoms with Gasteiger partial charge in [0.25, 0.3) is 5.91 Å². The van der Waals surface area contributed by atoms with E-state index in [9.17, 15) is 9.18 Å². The molecule has 2 aliphatic heterocycles. The van der Waals surface area contributed by atoms with Crippen molar-refractivity contribution in [3.63, 3.8) is 0 Å². The highest BCUT2D eigenvalue weighted by molar-refractivity contribution is 5.96. The number of nitrogens with zero attached hydrogens (tertiary/aromatic N) is 4. The van der Waals surface area contributed by atoms with Gasteiger partial charge in [-0.05, 0) is 74.8 Å². The second-order valence-electron chi connectivity index (χ2n) is 8.57. The molecule has 146 valence electrons. The smallest absolute Gasteiger partial charge is 0.254 e. The average Bonchev–Trinajstić information content (AvgIpc) is 3.45. The minimum absolute atomic E-state index is 0.0415. The van der Waals surface area contributed by atoms with Gasteiger partial charge in [0, 0.05) is 42.6 Å². The topological polar surface area (TPSA) is 49.3 Å². The Bertz CT molecular complexity index is 922. The number of rotatable bonds is 3. The van der Waals surface area contributed by atoms with Gasteiger partial charge in [0.15, 0.2) is 0 Å². The summed E-state index contributed by atoms with van der Waals surface area (Å²) in [6.07, 6.45) is 3.17. The fraction of sp³-hybridized carbons (Fsp3) is 0.500. The van der Waals surface area contributed by atoms with Crippen molar-refractivity contribution in [2.45, 2.75) is 45.1 Å². The Morgan fingerprint density at radius 1 is 1.07 bits per heavy atom. The first kappa shape index (κ1) is 17.6. The molecule has 28 heavy (non-hydrogen) atoms. The summed E-state index contributed by atoms with van der Waals surface area (Å²) in [6, 6.07) is 6.86. The number of carbonyl (C=O) groups is 1. The summed E-state index contributed by atoms with van der Waals surface area (Å²) < 4.78 is 13.7. The minimum Gasteiger partial charge on any atom is -0.336 e. The Morgan fingerprint density at radius 2 is 1.82 bits per heavy atom. The van der Waals surface area contributed by atoms with E-state index in [1.54, 1.807) is 12.1 Å². The van der Waals surface area contributed by atoms with Crippen molar-refractivity contribution in [3.8, 4) is 0 Å². The van der Waals surface area contributed by atoms with Crippen LogP contribution in [0.5, 0.6) is 0 Å². The molecule has 2 bridgehead atoms. The number of carbonyl (C=O) groups excluding carboxylic acids is 1. The molecule has 1 amide bonds. The molecule has 5 nitrogen and oxygen atoms in total. The van der Waals surface area contributed by atoms with E-state index in [2.05, 4.69) is 14.9 Å². The van der Waals surface area contributed by atoms with Crippen LogP contribution in [0, 0.1) is 25.6 Å².